The van der Waals surface area contributed by atoms with Crippen molar-refractivity contribution in [3.8, 4) is 17.2 Å². The second-order valence-corrected chi connectivity index (χ2v) is 4.80. The van der Waals surface area contributed by atoms with E-state index in [4.69, 9.17) is 0 Å². The molecule has 2 rings (SSSR count). The van der Waals surface area contributed by atoms with Crippen LogP contribution in [-0.2, 0) is 0 Å². The highest BCUT2D eigenvalue weighted by atomic mass is 19.3. The summed E-state index contributed by atoms with van der Waals surface area (Å²) in [5.74, 6) is -1.67. The second kappa shape index (κ2) is 6.23. The molecule has 1 aromatic carbocycles. The highest BCUT2D eigenvalue weighted by molar-refractivity contribution is 5.54. The molecule has 1 aromatic rings. The molecule has 0 amide bonds. The molecule has 0 unspecified atom stereocenters. The van der Waals surface area contributed by atoms with E-state index in [2.05, 4.69) is 5.32 Å². The lowest BCUT2D eigenvalue weighted by Crippen LogP contribution is -2.45. The molecule has 5 nitrogen and oxygen atoms in total. The molecule has 0 spiro atoms. The minimum absolute atomic E-state index is 0.211. The Morgan fingerprint density at radius 1 is 1.10 bits per heavy atom. The highest BCUT2D eigenvalue weighted by Gasteiger charge is 2.29. The molecule has 0 aromatic heterocycles. The topological polar surface area (TPSA) is 76.0 Å². The number of rotatable bonds is 4. The van der Waals surface area contributed by atoms with Crippen molar-refractivity contribution < 1.29 is 24.1 Å². The van der Waals surface area contributed by atoms with Gasteiger partial charge in [-0.1, -0.05) is 0 Å². The molecule has 20 heavy (non-hydrogen) atoms. The van der Waals surface area contributed by atoms with Crippen LogP contribution < -0.4 is 5.32 Å². The number of nitrogens with zero attached hydrogens (tertiary/aromatic N) is 1. The lowest BCUT2D eigenvalue weighted by atomic mass is 9.99. The van der Waals surface area contributed by atoms with Crippen molar-refractivity contribution in [2.24, 2.45) is 0 Å². The Morgan fingerprint density at radius 3 is 2.35 bits per heavy atom. The van der Waals surface area contributed by atoms with Crippen LogP contribution in [0.15, 0.2) is 12.1 Å². The molecule has 0 saturated carbocycles. The summed E-state index contributed by atoms with van der Waals surface area (Å²) in [6.07, 6.45) is -2.96. The van der Waals surface area contributed by atoms with Gasteiger partial charge < -0.3 is 20.6 Å². The molecular weight excluding hydrogens is 270 g/mol. The SMILES string of the molecule is Oc1ccc([C@@H](CC(F)F)N2CCNCC2)c(O)c1O. The van der Waals surface area contributed by atoms with Crippen molar-refractivity contribution in [2.45, 2.75) is 18.9 Å². The van der Waals surface area contributed by atoms with E-state index in [0.29, 0.717) is 26.2 Å². The van der Waals surface area contributed by atoms with Gasteiger partial charge in [-0.3, -0.25) is 4.90 Å². The molecule has 1 atom stereocenters. The molecule has 0 aliphatic carbocycles. The van der Waals surface area contributed by atoms with Crippen molar-refractivity contribution in [1.29, 1.82) is 0 Å². The molecule has 0 radical (unpaired) electrons. The van der Waals surface area contributed by atoms with E-state index in [9.17, 15) is 24.1 Å². The Kier molecular flexibility index (Phi) is 4.61. The maximum Gasteiger partial charge on any atom is 0.240 e. The largest absolute Gasteiger partial charge is 0.504 e. The fourth-order valence-corrected chi connectivity index (χ4v) is 2.49. The van der Waals surface area contributed by atoms with E-state index >= 15 is 0 Å². The zero-order valence-electron chi connectivity index (χ0n) is 10.9. The Hall–Kier alpha value is -1.60. The van der Waals surface area contributed by atoms with Crippen molar-refractivity contribution in [1.82, 2.24) is 10.2 Å². The van der Waals surface area contributed by atoms with E-state index in [1.54, 1.807) is 0 Å². The van der Waals surface area contributed by atoms with Gasteiger partial charge in [0.05, 0.1) is 0 Å². The summed E-state index contributed by atoms with van der Waals surface area (Å²) < 4.78 is 25.6. The number of phenolic OH excluding ortho intramolecular Hbond substituents is 3. The molecule has 112 valence electrons. The average Bonchev–Trinajstić information content (AvgIpc) is 2.44. The number of aromatic hydroxyl groups is 3. The summed E-state index contributed by atoms with van der Waals surface area (Å²) in [5, 5.41) is 31.9. The molecule has 0 bridgehead atoms. The van der Waals surface area contributed by atoms with E-state index in [1.165, 1.54) is 12.1 Å². The number of halogens is 2. The minimum Gasteiger partial charge on any atom is -0.504 e. The summed E-state index contributed by atoms with van der Waals surface area (Å²) in [6, 6.07) is 1.88. The first-order valence-corrected chi connectivity index (χ1v) is 6.47. The molecule has 1 heterocycles. The summed E-state index contributed by atoms with van der Waals surface area (Å²) in [4.78, 5) is 1.84. The number of hydrogen-bond donors (Lipinski definition) is 4. The van der Waals surface area contributed by atoms with Crippen molar-refractivity contribution >= 4 is 0 Å². The predicted molar refractivity (Wildman–Crippen MR) is 69.2 cm³/mol. The number of hydrogen-bond acceptors (Lipinski definition) is 5. The second-order valence-electron chi connectivity index (χ2n) is 4.80. The van der Waals surface area contributed by atoms with Gasteiger partial charge in [0.15, 0.2) is 11.5 Å². The first-order valence-electron chi connectivity index (χ1n) is 6.47. The van der Waals surface area contributed by atoms with Crippen molar-refractivity contribution in [2.75, 3.05) is 26.2 Å². The molecule has 1 aliphatic heterocycles. The molecule has 7 heteroatoms. The Bertz CT molecular complexity index is 465. The number of benzene rings is 1. The molecule has 1 aliphatic rings. The van der Waals surface area contributed by atoms with Crippen LogP contribution in [-0.4, -0.2) is 52.8 Å². The van der Waals surface area contributed by atoms with Gasteiger partial charge in [-0.2, -0.15) is 0 Å². The maximum absolute atomic E-state index is 12.8. The zero-order chi connectivity index (χ0) is 14.7. The van der Waals surface area contributed by atoms with Crippen molar-refractivity contribution in [3.63, 3.8) is 0 Å². The third kappa shape index (κ3) is 3.10. The number of phenols is 3. The number of piperazine rings is 1. The molecule has 1 fully saturated rings. The molecule has 1 saturated heterocycles. The first kappa shape index (κ1) is 14.8. The quantitative estimate of drug-likeness (QED) is 0.630. The Balaban J connectivity index is 2.32. The van der Waals surface area contributed by atoms with Gasteiger partial charge >= 0.3 is 0 Å². The summed E-state index contributed by atoms with van der Waals surface area (Å²) in [5.41, 5.74) is 0.211. The van der Waals surface area contributed by atoms with Crippen LogP contribution in [0, 0.1) is 0 Å². The Morgan fingerprint density at radius 2 is 1.75 bits per heavy atom. The van der Waals surface area contributed by atoms with Crippen LogP contribution in [0.1, 0.15) is 18.0 Å². The van der Waals surface area contributed by atoms with Crippen LogP contribution in [0.4, 0.5) is 8.78 Å². The van der Waals surface area contributed by atoms with E-state index in [0.717, 1.165) is 0 Å². The van der Waals surface area contributed by atoms with Crippen molar-refractivity contribution in [3.05, 3.63) is 17.7 Å². The van der Waals surface area contributed by atoms with Crippen LogP contribution in [0.5, 0.6) is 17.2 Å². The van der Waals surface area contributed by atoms with Gasteiger partial charge in [-0.05, 0) is 12.1 Å². The third-order valence-electron chi connectivity index (χ3n) is 3.51. The summed E-state index contributed by atoms with van der Waals surface area (Å²) in [6.45, 7) is 2.53. The van der Waals surface area contributed by atoms with Gasteiger partial charge in [0.1, 0.15) is 0 Å². The molecule has 4 N–H and O–H groups in total. The normalized spacial score (nSPS) is 18.4. The van der Waals surface area contributed by atoms with Crippen LogP contribution >= 0.6 is 0 Å². The minimum atomic E-state index is -2.52. The first-order chi connectivity index (χ1) is 9.50. The fourth-order valence-electron chi connectivity index (χ4n) is 2.49. The lowest BCUT2D eigenvalue weighted by Gasteiger charge is -2.35. The molecular formula is C13H18F2N2O3. The average molecular weight is 288 g/mol. The zero-order valence-corrected chi connectivity index (χ0v) is 10.9. The standard InChI is InChI=1S/C13H18F2N2O3/c14-11(15)7-9(17-5-3-16-4-6-17)8-1-2-10(18)13(20)12(8)19/h1-2,9,11,16,18-20H,3-7H2/t9-/m1/s1. The summed E-state index contributed by atoms with van der Waals surface area (Å²) >= 11 is 0. The van der Waals surface area contributed by atoms with Gasteiger partial charge in [-0.25, -0.2) is 8.78 Å². The predicted octanol–water partition coefficient (Wildman–Crippen LogP) is 1.40. The lowest BCUT2D eigenvalue weighted by molar-refractivity contribution is 0.0728. The fraction of sp³-hybridized carbons (Fsp3) is 0.538. The van der Waals surface area contributed by atoms with E-state index in [1.807, 2.05) is 4.90 Å². The van der Waals surface area contributed by atoms with Crippen LogP contribution in [0.3, 0.4) is 0 Å². The van der Waals surface area contributed by atoms with E-state index < -0.39 is 36.1 Å². The van der Waals surface area contributed by atoms with Gasteiger partial charge in [0.2, 0.25) is 12.2 Å². The van der Waals surface area contributed by atoms with Gasteiger partial charge in [0, 0.05) is 44.2 Å². The summed E-state index contributed by atoms with van der Waals surface area (Å²) in [7, 11) is 0. The monoisotopic (exact) mass is 288 g/mol. The number of nitrogens with one attached hydrogen (secondary N) is 1. The van der Waals surface area contributed by atoms with Crippen LogP contribution in [0.2, 0.25) is 0 Å². The van der Waals surface area contributed by atoms with E-state index in [-0.39, 0.29) is 5.56 Å². The third-order valence-corrected chi connectivity index (χ3v) is 3.51. The van der Waals surface area contributed by atoms with Gasteiger partial charge in [0.25, 0.3) is 0 Å². The maximum atomic E-state index is 12.8. The van der Waals surface area contributed by atoms with Crippen LogP contribution in [0.25, 0.3) is 0 Å². The number of alkyl halides is 2. The smallest absolute Gasteiger partial charge is 0.240 e. The highest BCUT2D eigenvalue weighted by Crippen LogP contribution is 2.42. The Labute approximate surface area is 115 Å². The van der Waals surface area contributed by atoms with Gasteiger partial charge in [-0.15, -0.1) is 0 Å².